The number of hydrogen-bond donors (Lipinski definition) is 1. The van der Waals surface area contributed by atoms with E-state index in [-0.39, 0.29) is 0 Å². The van der Waals surface area contributed by atoms with Crippen molar-refractivity contribution in [3.63, 3.8) is 0 Å². The fourth-order valence-electron chi connectivity index (χ4n) is 2.84. The van der Waals surface area contributed by atoms with Crippen LogP contribution in [-0.4, -0.2) is 4.98 Å². The molecule has 2 nitrogen and oxygen atoms in total. The lowest BCUT2D eigenvalue weighted by Crippen LogP contribution is -2.05. The Bertz CT molecular complexity index is 767. The average molecular weight is 276 g/mol. The standard InChI is InChI=1S/C19H20N2/c1-13-10-14(2)19(15(3)11-13)20-12-17-9-8-16-6-4-5-7-18(16)21-17/h4-11,20H,12H2,1-3H3. The first kappa shape index (κ1) is 13.6. The molecule has 0 atom stereocenters. The summed E-state index contributed by atoms with van der Waals surface area (Å²) in [4.78, 5) is 4.70. The van der Waals surface area contributed by atoms with Gasteiger partial charge in [0.2, 0.25) is 0 Å². The second-order valence-electron chi connectivity index (χ2n) is 5.62. The normalized spacial score (nSPS) is 10.8. The van der Waals surface area contributed by atoms with Gasteiger partial charge in [0.15, 0.2) is 0 Å². The van der Waals surface area contributed by atoms with Gasteiger partial charge < -0.3 is 5.32 Å². The first-order valence-electron chi connectivity index (χ1n) is 7.30. The van der Waals surface area contributed by atoms with Gasteiger partial charge >= 0.3 is 0 Å². The number of para-hydroxylation sites is 1. The van der Waals surface area contributed by atoms with Crippen LogP contribution in [0.4, 0.5) is 5.69 Å². The van der Waals surface area contributed by atoms with Crippen LogP contribution in [0.1, 0.15) is 22.4 Å². The van der Waals surface area contributed by atoms with E-state index in [1.165, 1.54) is 27.8 Å². The van der Waals surface area contributed by atoms with E-state index >= 15 is 0 Å². The molecule has 3 aromatic rings. The molecule has 2 aromatic carbocycles. The molecule has 3 rings (SSSR count). The number of pyridine rings is 1. The van der Waals surface area contributed by atoms with Gasteiger partial charge in [0.05, 0.1) is 17.8 Å². The lowest BCUT2D eigenvalue weighted by atomic mass is 10.1. The molecule has 106 valence electrons. The van der Waals surface area contributed by atoms with E-state index in [0.29, 0.717) is 0 Å². The molecule has 0 bridgehead atoms. The number of nitrogens with zero attached hydrogens (tertiary/aromatic N) is 1. The quantitative estimate of drug-likeness (QED) is 0.745. The zero-order chi connectivity index (χ0) is 14.8. The topological polar surface area (TPSA) is 24.9 Å². The Labute approximate surface area is 125 Å². The van der Waals surface area contributed by atoms with Crippen LogP contribution in [0.15, 0.2) is 48.5 Å². The van der Waals surface area contributed by atoms with Gasteiger partial charge in [0, 0.05) is 11.1 Å². The highest BCUT2D eigenvalue weighted by atomic mass is 14.9. The van der Waals surface area contributed by atoms with E-state index in [9.17, 15) is 0 Å². The number of benzene rings is 2. The van der Waals surface area contributed by atoms with E-state index < -0.39 is 0 Å². The molecule has 0 aliphatic carbocycles. The fourth-order valence-corrected chi connectivity index (χ4v) is 2.84. The summed E-state index contributed by atoms with van der Waals surface area (Å²) in [6.07, 6.45) is 0. The second kappa shape index (κ2) is 5.57. The van der Waals surface area contributed by atoms with Crippen molar-refractivity contribution in [2.45, 2.75) is 27.3 Å². The zero-order valence-electron chi connectivity index (χ0n) is 12.8. The molecule has 0 spiro atoms. The van der Waals surface area contributed by atoms with Crippen molar-refractivity contribution < 1.29 is 0 Å². The molecule has 0 unspecified atom stereocenters. The largest absolute Gasteiger partial charge is 0.379 e. The third-order valence-corrected chi connectivity index (χ3v) is 3.78. The van der Waals surface area contributed by atoms with Gasteiger partial charge in [0.25, 0.3) is 0 Å². The molecule has 0 aliphatic rings. The highest BCUT2D eigenvalue weighted by Gasteiger charge is 2.04. The van der Waals surface area contributed by atoms with Crippen LogP contribution in [-0.2, 0) is 6.54 Å². The summed E-state index contributed by atoms with van der Waals surface area (Å²) in [6.45, 7) is 7.18. The Morgan fingerprint density at radius 2 is 1.62 bits per heavy atom. The minimum atomic E-state index is 0.746. The summed E-state index contributed by atoms with van der Waals surface area (Å²) in [5.74, 6) is 0. The minimum absolute atomic E-state index is 0.746. The van der Waals surface area contributed by atoms with Crippen LogP contribution >= 0.6 is 0 Å². The third-order valence-electron chi connectivity index (χ3n) is 3.78. The fraction of sp³-hybridized carbons (Fsp3) is 0.211. The Hall–Kier alpha value is -2.35. The molecule has 0 fully saturated rings. The molecular formula is C19H20N2. The van der Waals surface area contributed by atoms with Crippen molar-refractivity contribution >= 4 is 16.6 Å². The van der Waals surface area contributed by atoms with Crippen LogP contribution in [0.25, 0.3) is 10.9 Å². The van der Waals surface area contributed by atoms with Crippen LogP contribution in [0.3, 0.4) is 0 Å². The predicted octanol–water partition coefficient (Wildman–Crippen LogP) is 4.77. The lowest BCUT2D eigenvalue weighted by molar-refractivity contribution is 1.06. The Morgan fingerprint density at radius 3 is 2.38 bits per heavy atom. The van der Waals surface area contributed by atoms with Crippen molar-refractivity contribution in [2.75, 3.05) is 5.32 Å². The van der Waals surface area contributed by atoms with E-state index in [1.807, 2.05) is 12.1 Å². The molecular weight excluding hydrogens is 256 g/mol. The highest BCUT2D eigenvalue weighted by molar-refractivity contribution is 5.78. The number of fused-ring (bicyclic) bond motifs is 1. The first-order chi connectivity index (χ1) is 10.1. The van der Waals surface area contributed by atoms with Gasteiger partial charge in [-0.15, -0.1) is 0 Å². The van der Waals surface area contributed by atoms with Crippen LogP contribution < -0.4 is 5.32 Å². The summed E-state index contributed by atoms with van der Waals surface area (Å²) in [6, 6.07) is 16.9. The molecule has 0 aliphatic heterocycles. The summed E-state index contributed by atoms with van der Waals surface area (Å²) < 4.78 is 0. The molecule has 0 radical (unpaired) electrons. The molecule has 0 amide bonds. The number of rotatable bonds is 3. The SMILES string of the molecule is Cc1cc(C)c(NCc2ccc3ccccc3n2)c(C)c1. The summed E-state index contributed by atoms with van der Waals surface area (Å²) in [5.41, 5.74) is 7.21. The maximum absolute atomic E-state index is 4.70. The van der Waals surface area contributed by atoms with Crippen molar-refractivity contribution in [3.8, 4) is 0 Å². The van der Waals surface area contributed by atoms with Crippen LogP contribution in [0, 0.1) is 20.8 Å². The Morgan fingerprint density at radius 1 is 0.905 bits per heavy atom. The molecule has 1 N–H and O–H groups in total. The van der Waals surface area contributed by atoms with Crippen molar-refractivity contribution in [1.29, 1.82) is 0 Å². The summed E-state index contributed by atoms with van der Waals surface area (Å²) >= 11 is 0. The minimum Gasteiger partial charge on any atom is -0.379 e. The number of aromatic nitrogens is 1. The first-order valence-corrected chi connectivity index (χ1v) is 7.30. The highest BCUT2D eigenvalue weighted by Crippen LogP contribution is 2.22. The Kier molecular flexibility index (Phi) is 3.61. The van der Waals surface area contributed by atoms with E-state index in [0.717, 1.165) is 17.8 Å². The van der Waals surface area contributed by atoms with Gasteiger partial charge in [0.1, 0.15) is 0 Å². The van der Waals surface area contributed by atoms with Gasteiger partial charge in [-0.25, -0.2) is 0 Å². The predicted molar refractivity (Wildman–Crippen MR) is 89.7 cm³/mol. The van der Waals surface area contributed by atoms with Gasteiger partial charge in [-0.2, -0.15) is 0 Å². The van der Waals surface area contributed by atoms with Gasteiger partial charge in [-0.3, -0.25) is 4.98 Å². The molecule has 1 aromatic heterocycles. The Balaban J connectivity index is 1.83. The van der Waals surface area contributed by atoms with Crippen LogP contribution in [0.5, 0.6) is 0 Å². The van der Waals surface area contributed by atoms with E-state index in [2.05, 4.69) is 62.5 Å². The summed E-state index contributed by atoms with van der Waals surface area (Å²) in [7, 11) is 0. The van der Waals surface area contributed by atoms with Crippen LogP contribution in [0.2, 0.25) is 0 Å². The maximum Gasteiger partial charge on any atom is 0.0706 e. The van der Waals surface area contributed by atoms with Crippen molar-refractivity contribution in [2.24, 2.45) is 0 Å². The molecule has 0 saturated carbocycles. The number of hydrogen-bond acceptors (Lipinski definition) is 2. The zero-order valence-corrected chi connectivity index (χ0v) is 12.8. The van der Waals surface area contributed by atoms with Crippen molar-refractivity contribution in [1.82, 2.24) is 4.98 Å². The van der Waals surface area contributed by atoms with E-state index in [1.54, 1.807) is 0 Å². The van der Waals surface area contributed by atoms with Gasteiger partial charge in [-0.05, 0) is 44.0 Å². The lowest BCUT2D eigenvalue weighted by Gasteiger charge is -2.13. The average Bonchev–Trinajstić information content (AvgIpc) is 2.46. The van der Waals surface area contributed by atoms with Crippen molar-refractivity contribution in [3.05, 3.63) is 70.9 Å². The summed E-state index contributed by atoms with van der Waals surface area (Å²) in [5, 5.41) is 4.71. The molecule has 21 heavy (non-hydrogen) atoms. The number of aryl methyl sites for hydroxylation is 3. The molecule has 1 heterocycles. The molecule has 2 heteroatoms. The van der Waals surface area contributed by atoms with Gasteiger partial charge in [-0.1, -0.05) is 42.0 Å². The third kappa shape index (κ3) is 2.89. The van der Waals surface area contributed by atoms with E-state index in [4.69, 9.17) is 4.98 Å². The number of anilines is 1. The maximum atomic E-state index is 4.70. The smallest absolute Gasteiger partial charge is 0.0706 e. The second-order valence-corrected chi connectivity index (χ2v) is 5.62. The number of nitrogens with one attached hydrogen (secondary N) is 1. The monoisotopic (exact) mass is 276 g/mol. The molecule has 0 saturated heterocycles.